The average Bonchev–Trinajstić information content (AvgIpc) is 2.26. The highest BCUT2D eigenvalue weighted by Crippen LogP contribution is 2.17. The van der Waals surface area contributed by atoms with Crippen LogP contribution >= 0.6 is 0 Å². The molecule has 0 aliphatic carbocycles. The Morgan fingerprint density at radius 3 is 2.50 bits per heavy atom. The monoisotopic (exact) mass is 281 g/mol. The molecule has 0 fully saturated rings. The van der Waals surface area contributed by atoms with Crippen LogP contribution in [-0.4, -0.2) is 35.6 Å². The molecule has 1 amide bonds. The van der Waals surface area contributed by atoms with Crippen molar-refractivity contribution in [2.45, 2.75) is 46.1 Å². The number of aryl methyl sites for hydroxylation is 1. The fraction of sp³-hybridized carbons (Fsp3) is 0.643. The number of ether oxygens (including phenoxy) is 1. The number of nitrogens with zero attached hydrogens (tertiary/aromatic N) is 1. The highest BCUT2D eigenvalue weighted by molar-refractivity contribution is 5.94. The zero-order valence-electron chi connectivity index (χ0n) is 13.0. The molecule has 0 aliphatic heterocycles. The fourth-order valence-electron chi connectivity index (χ4n) is 1.80. The van der Waals surface area contributed by atoms with Gasteiger partial charge in [-0.1, -0.05) is 20.8 Å². The average molecular weight is 281 g/mol. The van der Waals surface area contributed by atoms with Crippen molar-refractivity contribution >= 4 is 5.91 Å². The lowest BCUT2D eigenvalue weighted by atomic mass is 9.95. The summed E-state index contributed by atoms with van der Waals surface area (Å²) in [6.45, 7) is 9.71. The van der Waals surface area contributed by atoms with E-state index in [-0.39, 0.29) is 17.0 Å². The minimum Gasteiger partial charge on any atom is -0.383 e. The molecule has 0 spiro atoms. The van der Waals surface area contributed by atoms with Crippen molar-refractivity contribution in [2.24, 2.45) is 0 Å². The number of rotatable bonds is 4. The Hall–Kier alpha value is -1.69. The zero-order chi connectivity index (χ0) is 15.5. The van der Waals surface area contributed by atoms with Crippen LogP contribution < -0.4 is 10.9 Å². The summed E-state index contributed by atoms with van der Waals surface area (Å²) in [6, 6.07) is -0.173. The first-order valence-corrected chi connectivity index (χ1v) is 6.58. The lowest BCUT2D eigenvalue weighted by Gasteiger charge is -2.19. The van der Waals surface area contributed by atoms with Gasteiger partial charge in [-0.15, -0.1) is 0 Å². The Morgan fingerprint density at radius 2 is 2.05 bits per heavy atom. The smallest absolute Gasteiger partial charge is 0.264 e. The molecule has 1 heterocycles. The van der Waals surface area contributed by atoms with E-state index >= 15 is 0 Å². The largest absolute Gasteiger partial charge is 0.383 e. The molecular weight excluding hydrogens is 258 g/mol. The number of hydrogen-bond acceptors (Lipinski definition) is 4. The molecule has 0 aromatic carbocycles. The van der Waals surface area contributed by atoms with Crippen LogP contribution in [0.15, 0.2) is 4.79 Å². The summed E-state index contributed by atoms with van der Waals surface area (Å²) in [6.07, 6.45) is 0. The normalized spacial score (nSPS) is 13.1. The van der Waals surface area contributed by atoms with Gasteiger partial charge in [0, 0.05) is 18.6 Å². The van der Waals surface area contributed by atoms with Gasteiger partial charge in [0.05, 0.1) is 12.3 Å². The first-order chi connectivity index (χ1) is 9.16. The quantitative estimate of drug-likeness (QED) is 0.867. The van der Waals surface area contributed by atoms with E-state index in [1.54, 1.807) is 14.0 Å². The number of carbonyl (C=O) groups is 1. The molecule has 2 N–H and O–H groups in total. The summed E-state index contributed by atoms with van der Waals surface area (Å²) >= 11 is 0. The molecule has 1 aromatic rings. The van der Waals surface area contributed by atoms with E-state index in [4.69, 9.17) is 4.74 Å². The SMILES string of the molecule is COCC(C)NC(=O)c1c(C)nc(C(C)(C)C)[nH]c1=O. The van der Waals surface area contributed by atoms with E-state index in [0.29, 0.717) is 18.1 Å². The number of aromatic amines is 1. The van der Waals surface area contributed by atoms with Crippen molar-refractivity contribution in [3.05, 3.63) is 27.4 Å². The third-order valence-corrected chi connectivity index (χ3v) is 2.83. The molecule has 1 atom stereocenters. The van der Waals surface area contributed by atoms with Gasteiger partial charge in [-0.3, -0.25) is 9.59 Å². The molecule has 0 aliphatic rings. The molecule has 1 rings (SSSR count). The van der Waals surface area contributed by atoms with E-state index in [0.717, 1.165) is 0 Å². The van der Waals surface area contributed by atoms with Crippen LogP contribution in [0.2, 0.25) is 0 Å². The number of carbonyl (C=O) groups excluding carboxylic acids is 1. The Bertz CT molecular complexity index is 544. The van der Waals surface area contributed by atoms with Gasteiger partial charge in [0.25, 0.3) is 11.5 Å². The highest BCUT2D eigenvalue weighted by Gasteiger charge is 2.22. The van der Waals surface area contributed by atoms with E-state index < -0.39 is 11.5 Å². The number of aromatic nitrogens is 2. The van der Waals surface area contributed by atoms with Crippen molar-refractivity contribution in [3.63, 3.8) is 0 Å². The Morgan fingerprint density at radius 1 is 1.45 bits per heavy atom. The lowest BCUT2D eigenvalue weighted by molar-refractivity contribution is 0.0902. The molecule has 0 saturated carbocycles. The van der Waals surface area contributed by atoms with Crippen LogP contribution in [0.4, 0.5) is 0 Å². The Labute approximate surface area is 119 Å². The minimum atomic E-state index is -0.429. The van der Waals surface area contributed by atoms with Crippen LogP contribution in [0.3, 0.4) is 0 Å². The summed E-state index contributed by atoms with van der Waals surface area (Å²) in [4.78, 5) is 31.2. The van der Waals surface area contributed by atoms with Crippen LogP contribution in [0, 0.1) is 6.92 Å². The van der Waals surface area contributed by atoms with Crippen LogP contribution in [0.25, 0.3) is 0 Å². The zero-order valence-corrected chi connectivity index (χ0v) is 13.0. The lowest BCUT2D eigenvalue weighted by Crippen LogP contribution is -2.39. The second-order valence-corrected chi connectivity index (χ2v) is 5.95. The molecule has 0 saturated heterocycles. The van der Waals surface area contributed by atoms with Crippen LogP contribution in [-0.2, 0) is 10.2 Å². The number of methoxy groups -OCH3 is 1. The standard InChI is InChI=1S/C14H23N3O3/c1-8(7-20-6)15-11(18)10-9(2)16-13(14(3,4)5)17-12(10)19/h8H,7H2,1-6H3,(H,15,18)(H,16,17,19). The van der Waals surface area contributed by atoms with E-state index in [9.17, 15) is 9.59 Å². The van der Waals surface area contributed by atoms with E-state index in [1.165, 1.54) is 0 Å². The summed E-state index contributed by atoms with van der Waals surface area (Å²) in [5.41, 5.74) is -0.200. The van der Waals surface area contributed by atoms with Crippen LogP contribution in [0.1, 0.15) is 49.6 Å². The van der Waals surface area contributed by atoms with Gasteiger partial charge in [0.2, 0.25) is 0 Å². The second-order valence-electron chi connectivity index (χ2n) is 5.95. The molecule has 20 heavy (non-hydrogen) atoms. The van der Waals surface area contributed by atoms with Crippen molar-refractivity contribution in [2.75, 3.05) is 13.7 Å². The number of amides is 1. The van der Waals surface area contributed by atoms with Crippen molar-refractivity contribution in [1.29, 1.82) is 0 Å². The number of H-pyrrole nitrogens is 1. The Balaban J connectivity index is 3.09. The van der Waals surface area contributed by atoms with E-state index in [1.807, 2.05) is 27.7 Å². The Kier molecular flexibility index (Phi) is 5.05. The first kappa shape index (κ1) is 16.4. The number of nitrogens with one attached hydrogen (secondary N) is 2. The molecule has 1 unspecified atom stereocenters. The third kappa shape index (κ3) is 3.90. The van der Waals surface area contributed by atoms with Gasteiger partial charge in [-0.25, -0.2) is 4.98 Å². The first-order valence-electron chi connectivity index (χ1n) is 6.58. The fourth-order valence-corrected chi connectivity index (χ4v) is 1.80. The molecule has 1 aromatic heterocycles. The second kappa shape index (κ2) is 6.17. The topological polar surface area (TPSA) is 84.1 Å². The predicted octanol–water partition coefficient (Wildman–Crippen LogP) is 1.14. The molecule has 6 heteroatoms. The highest BCUT2D eigenvalue weighted by atomic mass is 16.5. The number of hydrogen-bond donors (Lipinski definition) is 2. The van der Waals surface area contributed by atoms with Gasteiger partial charge in [-0.05, 0) is 13.8 Å². The van der Waals surface area contributed by atoms with Gasteiger partial charge in [0.1, 0.15) is 11.4 Å². The van der Waals surface area contributed by atoms with Gasteiger partial charge in [-0.2, -0.15) is 0 Å². The van der Waals surface area contributed by atoms with Gasteiger partial charge in [0.15, 0.2) is 0 Å². The third-order valence-electron chi connectivity index (χ3n) is 2.83. The summed E-state index contributed by atoms with van der Waals surface area (Å²) in [7, 11) is 1.56. The maximum atomic E-state index is 12.1. The van der Waals surface area contributed by atoms with Crippen molar-refractivity contribution < 1.29 is 9.53 Å². The minimum absolute atomic E-state index is 0.0564. The summed E-state index contributed by atoms with van der Waals surface area (Å²) in [5, 5.41) is 2.71. The summed E-state index contributed by atoms with van der Waals surface area (Å²) in [5.74, 6) is 0.141. The van der Waals surface area contributed by atoms with Crippen LogP contribution in [0.5, 0.6) is 0 Å². The molecule has 0 radical (unpaired) electrons. The van der Waals surface area contributed by atoms with Gasteiger partial charge < -0.3 is 15.0 Å². The maximum Gasteiger partial charge on any atom is 0.264 e. The molecular formula is C14H23N3O3. The predicted molar refractivity (Wildman–Crippen MR) is 77.1 cm³/mol. The van der Waals surface area contributed by atoms with Crippen molar-refractivity contribution in [3.8, 4) is 0 Å². The summed E-state index contributed by atoms with van der Waals surface area (Å²) < 4.78 is 4.95. The van der Waals surface area contributed by atoms with Gasteiger partial charge >= 0.3 is 0 Å². The maximum absolute atomic E-state index is 12.1. The molecule has 6 nitrogen and oxygen atoms in total. The molecule has 0 bridgehead atoms. The van der Waals surface area contributed by atoms with E-state index in [2.05, 4.69) is 15.3 Å². The molecule has 112 valence electrons. The van der Waals surface area contributed by atoms with Crippen molar-refractivity contribution in [1.82, 2.24) is 15.3 Å².